The van der Waals surface area contributed by atoms with Gasteiger partial charge in [-0.3, -0.25) is 14.4 Å². The van der Waals surface area contributed by atoms with Gasteiger partial charge in [0.2, 0.25) is 5.43 Å². The predicted molar refractivity (Wildman–Crippen MR) is 125 cm³/mol. The molecule has 1 fully saturated rings. The monoisotopic (exact) mass is 445 g/mol. The van der Waals surface area contributed by atoms with Gasteiger partial charge in [-0.15, -0.1) is 6.58 Å². The number of nitrogens with one attached hydrogen (secondary N) is 2. The maximum absolute atomic E-state index is 13.0. The highest BCUT2D eigenvalue weighted by molar-refractivity contribution is 5.99. The third kappa shape index (κ3) is 5.11. The van der Waals surface area contributed by atoms with E-state index in [4.69, 9.17) is 0 Å². The van der Waals surface area contributed by atoms with Crippen LogP contribution < -0.4 is 16.1 Å². The van der Waals surface area contributed by atoms with Crippen molar-refractivity contribution in [2.24, 2.45) is 0 Å². The van der Waals surface area contributed by atoms with Gasteiger partial charge in [-0.2, -0.15) is 5.10 Å². The van der Waals surface area contributed by atoms with E-state index in [-0.39, 0.29) is 30.3 Å². The summed E-state index contributed by atoms with van der Waals surface area (Å²) in [5.41, 5.74) is 1.17. The molecular weight excluding hydrogens is 418 g/mol. The third-order valence-corrected chi connectivity index (χ3v) is 5.85. The highest BCUT2D eigenvalue weighted by Crippen LogP contribution is 2.29. The summed E-state index contributed by atoms with van der Waals surface area (Å²) < 4.78 is 3.60. The van der Waals surface area contributed by atoms with Crippen LogP contribution >= 0.6 is 0 Å². The third-order valence-electron chi connectivity index (χ3n) is 5.85. The van der Waals surface area contributed by atoms with E-state index in [9.17, 15) is 14.4 Å². The lowest BCUT2D eigenvalue weighted by atomic mass is 10.1. The molecule has 2 heterocycles. The smallest absolute Gasteiger partial charge is 0.257 e. The lowest BCUT2D eigenvalue weighted by Crippen LogP contribution is -2.35. The van der Waals surface area contributed by atoms with Crippen LogP contribution in [0.15, 0.2) is 72.6 Å². The van der Waals surface area contributed by atoms with E-state index in [1.54, 1.807) is 29.3 Å². The van der Waals surface area contributed by atoms with Crippen molar-refractivity contribution in [3.8, 4) is 5.69 Å². The Morgan fingerprint density at radius 1 is 1.06 bits per heavy atom. The first-order valence-electron chi connectivity index (χ1n) is 11.1. The standard InChI is InChI=1S/C25H27N5O3/c1-2-12-26-24(32)21-16-29(19-6-3-4-7-19)17-22(23(21)31)25(33)27-15-18-8-10-20(11-9-18)30-14-5-13-28-30/h2,5,8-11,13-14,16-17,19H,1,3-4,6-7,12,15H2,(H,26,32)(H,27,33). The van der Waals surface area contributed by atoms with Crippen molar-refractivity contribution in [2.75, 3.05) is 6.54 Å². The first-order chi connectivity index (χ1) is 16.1. The van der Waals surface area contributed by atoms with Crippen molar-refractivity contribution in [3.05, 3.63) is 94.7 Å². The Kier molecular flexibility index (Phi) is 6.83. The van der Waals surface area contributed by atoms with Crippen molar-refractivity contribution in [2.45, 2.75) is 38.3 Å². The molecule has 4 rings (SSSR count). The summed E-state index contributed by atoms with van der Waals surface area (Å²) in [5.74, 6) is -1.00. The van der Waals surface area contributed by atoms with Crippen LogP contribution in [0.2, 0.25) is 0 Å². The van der Waals surface area contributed by atoms with Crippen LogP contribution in [0.3, 0.4) is 0 Å². The Labute approximate surface area is 191 Å². The number of hydrogen-bond acceptors (Lipinski definition) is 4. The summed E-state index contributed by atoms with van der Waals surface area (Å²) in [6.07, 6.45) is 12.3. The van der Waals surface area contributed by atoms with E-state index in [1.165, 1.54) is 0 Å². The molecule has 33 heavy (non-hydrogen) atoms. The van der Waals surface area contributed by atoms with Crippen LogP contribution in [-0.4, -0.2) is 32.7 Å². The molecular formula is C25H27N5O3. The van der Waals surface area contributed by atoms with Crippen molar-refractivity contribution >= 4 is 11.8 Å². The molecule has 2 amide bonds. The summed E-state index contributed by atoms with van der Waals surface area (Å²) in [6.45, 7) is 4.08. The molecule has 0 spiro atoms. The second-order valence-corrected chi connectivity index (χ2v) is 8.10. The van der Waals surface area contributed by atoms with Gasteiger partial charge in [-0.1, -0.05) is 31.1 Å². The lowest BCUT2D eigenvalue weighted by Gasteiger charge is -2.17. The number of amides is 2. The van der Waals surface area contributed by atoms with Crippen molar-refractivity contribution in [1.82, 2.24) is 25.0 Å². The summed E-state index contributed by atoms with van der Waals surface area (Å²) >= 11 is 0. The minimum absolute atomic E-state index is 0.0266. The Morgan fingerprint density at radius 2 is 1.73 bits per heavy atom. The van der Waals surface area contributed by atoms with E-state index < -0.39 is 17.2 Å². The highest BCUT2D eigenvalue weighted by Gasteiger charge is 2.23. The number of benzene rings is 1. The van der Waals surface area contributed by atoms with Crippen LogP contribution in [0.25, 0.3) is 5.69 Å². The van der Waals surface area contributed by atoms with Crippen LogP contribution in [0, 0.1) is 0 Å². The molecule has 0 bridgehead atoms. The zero-order chi connectivity index (χ0) is 23.2. The fourth-order valence-electron chi connectivity index (χ4n) is 4.06. The lowest BCUT2D eigenvalue weighted by molar-refractivity contribution is 0.0948. The molecule has 8 nitrogen and oxygen atoms in total. The normalized spacial score (nSPS) is 13.6. The number of carbonyl (C=O) groups excluding carboxylic acids is 2. The van der Waals surface area contributed by atoms with Crippen LogP contribution in [0.1, 0.15) is 58.0 Å². The Morgan fingerprint density at radius 3 is 2.33 bits per heavy atom. The van der Waals surface area contributed by atoms with E-state index >= 15 is 0 Å². The maximum atomic E-state index is 13.0. The molecule has 0 atom stereocenters. The summed E-state index contributed by atoms with van der Waals surface area (Å²) in [5, 5.41) is 9.65. The number of pyridine rings is 1. The van der Waals surface area contributed by atoms with Gasteiger partial charge < -0.3 is 15.2 Å². The largest absolute Gasteiger partial charge is 0.349 e. The molecule has 1 aliphatic carbocycles. The fourth-order valence-corrected chi connectivity index (χ4v) is 4.06. The summed E-state index contributed by atoms with van der Waals surface area (Å²) in [7, 11) is 0. The molecule has 8 heteroatoms. The molecule has 1 aromatic carbocycles. The minimum atomic E-state index is -0.572. The molecule has 0 unspecified atom stereocenters. The SMILES string of the molecule is C=CCNC(=O)c1cn(C2CCCC2)cc(C(=O)NCc2ccc(-n3cccn3)cc2)c1=O. The van der Waals surface area contributed by atoms with E-state index in [0.717, 1.165) is 36.9 Å². The van der Waals surface area contributed by atoms with Gasteiger partial charge in [0.1, 0.15) is 11.1 Å². The second kappa shape index (κ2) is 10.1. The van der Waals surface area contributed by atoms with Gasteiger partial charge in [0.05, 0.1) is 5.69 Å². The molecule has 2 aromatic heterocycles. The van der Waals surface area contributed by atoms with Gasteiger partial charge in [-0.05, 0) is 36.6 Å². The second-order valence-electron chi connectivity index (χ2n) is 8.10. The quantitative estimate of drug-likeness (QED) is 0.521. The zero-order valence-electron chi connectivity index (χ0n) is 18.4. The number of carbonyl (C=O) groups is 2. The van der Waals surface area contributed by atoms with Gasteiger partial charge in [-0.25, -0.2) is 4.68 Å². The fraction of sp³-hybridized carbons (Fsp3) is 0.280. The zero-order valence-corrected chi connectivity index (χ0v) is 18.4. The molecule has 2 N–H and O–H groups in total. The van der Waals surface area contributed by atoms with Crippen molar-refractivity contribution in [3.63, 3.8) is 0 Å². The average Bonchev–Trinajstić information content (AvgIpc) is 3.56. The first kappa shape index (κ1) is 22.3. The van der Waals surface area contributed by atoms with Gasteiger partial charge in [0, 0.05) is 43.9 Å². The number of hydrogen-bond donors (Lipinski definition) is 2. The summed E-state index contributed by atoms with van der Waals surface area (Å²) in [6, 6.07) is 9.63. The van der Waals surface area contributed by atoms with E-state index in [0.29, 0.717) is 0 Å². The van der Waals surface area contributed by atoms with E-state index in [1.807, 2.05) is 41.1 Å². The van der Waals surface area contributed by atoms with Crippen LogP contribution in [-0.2, 0) is 6.54 Å². The van der Waals surface area contributed by atoms with Crippen molar-refractivity contribution < 1.29 is 9.59 Å². The van der Waals surface area contributed by atoms with E-state index in [2.05, 4.69) is 22.3 Å². The number of rotatable bonds is 8. The first-order valence-corrected chi connectivity index (χ1v) is 11.1. The average molecular weight is 446 g/mol. The Balaban J connectivity index is 1.54. The van der Waals surface area contributed by atoms with Gasteiger partial charge >= 0.3 is 0 Å². The molecule has 1 saturated carbocycles. The van der Waals surface area contributed by atoms with Crippen LogP contribution in [0.4, 0.5) is 0 Å². The summed E-state index contributed by atoms with van der Waals surface area (Å²) in [4.78, 5) is 38.5. The van der Waals surface area contributed by atoms with Gasteiger partial charge in [0.15, 0.2) is 0 Å². The van der Waals surface area contributed by atoms with Gasteiger partial charge in [0.25, 0.3) is 11.8 Å². The number of aromatic nitrogens is 3. The highest BCUT2D eigenvalue weighted by atomic mass is 16.2. The topological polar surface area (TPSA) is 98.0 Å². The minimum Gasteiger partial charge on any atom is -0.349 e. The molecule has 3 aromatic rings. The molecule has 0 saturated heterocycles. The van der Waals surface area contributed by atoms with Crippen molar-refractivity contribution in [1.29, 1.82) is 0 Å². The van der Waals surface area contributed by atoms with Crippen LogP contribution in [0.5, 0.6) is 0 Å². The Hall–Kier alpha value is -3.94. The maximum Gasteiger partial charge on any atom is 0.257 e. The number of nitrogens with zero attached hydrogens (tertiary/aromatic N) is 3. The molecule has 170 valence electrons. The molecule has 0 aliphatic heterocycles. The predicted octanol–water partition coefficient (Wildman–Crippen LogP) is 2.99. The molecule has 1 aliphatic rings. The molecule has 0 radical (unpaired) electrons. The Bertz CT molecular complexity index is 1190.